The van der Waals surface area contributed by atoms with Crippen molar-refractivity contribution in [1.29, 1.82) is 5.26 Å². The smallest absolute Gasteiger partial charge is 0.343 e. The van der Waals surface area contributed by atoms with Crippen LogP contribution in [0.15, 0.2) is 42.9 Å². The monoisotopic (exact) mass is 311 g/mol. The van der Waals surface area contributed by atoms with Gasteiger partial charge in [0.15, 0.2) is 0 Å². The molecule has 0 spiro atoms. The minimum absolute atomic E-state index is 0.121. The van der Waals surface area contributed by atoms with Gasteiger partial charge in [-0.25, -0.2) is 14.8 Å². The van der Waals surface area contributed by atoms with Gasteiger partial charge in [0.2, 0.25) is 5.88 Å². The zero-order valence-electron chi connectivity index (χ0n) is 12.5. The lowest BCUT2D eigenvalue weighted by Gasteiger charge is -2.08. The number of methoxy groups -OCH3 is 2. The van der Waals surface area contributed by atoms with E-state index in [1.54, 1.807) is 24.3 Å². The van der Waals surface area contributed by atoms with Crippen LogP contribution in [0, 0.1) is 11.3 Å². The first-order chi connectivity index (χ1) is 11.2. The SMILES string of the molecule is COC=C(C(=O)OC)c1cc(Oc2ccccc2C#N)ncn1. The number of benzene rings is 1. The Morgan fingerprint density at radius 1 is 1.26 bits per heavy atom. The molecule has 1 heterocycles. The Hall–Kier alpha value is -3.40. The third kappa shape index (κ3) is 3.83. The summed E-state index contributed by atoms with van der Waals surface area (Å²) in [6.07, 6.45) is 2.47. The van der Waals surface area contributed by atoms with Crippen LogP contribution in [-0.2, 0) is 14.3 Å². The van der Waals surface area contributed by atoms with Crippen LogP contribution >= 0.6 is 0 Å². The van der Waals surface area contributed by atoms with E-state index in [0.717, 1.165) is 0 Å². The maximum atomic E-state index is 11.8. The van der Waals surface area contributed by atoms with E-state index in [2.05, 4.69) is 14.7 Å². The van der Waals surface area contributed by atoms with E-state index in [4.69, 9.17) is 14.7 Å². The van der Waals surface area contributed by atoms with Crippen molar-refractivity contribution in [2.24, 2.45) is 0 Å². The fraction of sp³-hybridized carbons (Fsp3) is 0.125. The van der Waals surface area contributed by atoms with Crippen LogP contribution in [0.3, 0.4) is 0 Å². The molecule has 116 valence electrons. The van der Waals surface area contributed by atoms with Crippen LogP contribution in [0.5, 0.6) is 11.6 Å². The molecule has 2 aromatic rings. The predicted octanol–water partition coefficient (Wildman–Crippen LogP) is 2.30. The molecule has 23 heavy (non-hydrogen) atoms. The lowest BCUT2D eigenvalue weighted by molar-refractivity contribution is -0.133. The summed E-state index contributed by atoms with van der Waals surface area (Å²) in [4.78, 5) is 19.7. The second kappa shape index (κ2) is 7.56. The van der Waals surface area contributed by atoms with Crippen LogP contribution in [0.1, 0.15) is 11.3 Å². The van der Waals surface area contributed by atoms with Gasteiger partial charge in [0.1, 0.15) is 23.7 Å². The highest BCUT2D eigenvalue weighted by Gasteiger charge is 2.16. The molecule has 1 aromatic heterocycles. The molecule has 0 bridgehead atoms. The van der Waals surface area contributed by atoms with E-state index in [0.29, 0.717) is 11.3 Å². The maximum Gasteiger partial charge on any atom is 0.343 e. The summed E-state index contributed by atoms with van der Waals surface area (Å²) >= 11 is 0. The summed E-state index contributed by atoms with van der Waals surface area (Å²) in [5.74, 6) is -0.0625. The molecule has 0 aliphatic carbocycles. The molecule has 0 saturated carbocycles. The van der Waals surface area contributed by atoms with Gasteiger partial charge in [-0.15, -0.1) is 0 Å². The molecule has 0 unspecified atom stereocenters. The molecule has 0 amide bonds. The first-order valence-electron chi connectivity index (χ1n) is 6.50. The highest BCUT2D eigenvalue weighted by molar-refractivity contribution is 6.15. The highest BCUT2D eigenvalue weighted by atomic mass is 16.5. The van der Waals surface area contributed by atoms with Crippen LogP contribution < -0.4 is 4.74 Å². The summed E-state index contributed by atoms with van der Waals surface area (Å²) in [5.41, 5.74) is 0.766. The lowest BCUT2D eigenvalue weighted by Crippen LogP contribution is -2.06. The third-order valence-corrected chi connectivity index (χ3v) is 2.78. The molecule has 0 aliphatic rings. The Morgan fingerprint density at radius 2 is 2.04 bits per heavy atom. The fourth-order valence-electron chi connectivity index (χ4n) is 1.74. The average molecular weight is 311 g/mol. The van der Waals surface area contributed by atoms with Crippen molar-refractivity contribution < 1.29 is 19.0 Å². The number of nitrogens with zero attached hydrogens (tertiary/aromatic N) is 3. The molecule has 0 aliphatic heterocycles. The summed E-state index contributed by atoms with van der Waals surface area (Å²) in [6.45, 7) is 0. The number of aromatic nitrogens is 2. The van der Waals surface area contributed by atoms with E-state index in [9.17, 15) is 4.79 Å². The minimum atomic E-state index is -0.603. The first-order valence-corrected chi connectivity index (χ1v) is 6.50. The largest absolute Gasteiger partial charge is 0.503 e. The molecule has 1 aromatic carbocycles. The predicted molar refractivity (Wildman–Crippen MR) is 80.3 cm³/mol. The third-order valence-electron chi connectivity index (χ3n) is 2.78. The Labute approximate surface area is 132 Å². The number of carbonyl (C=O) groups is 1. The second-order valence-corrected chi connectivity index (χ2v) is 4.21. The van der Waals surface area contributed by atoms with Gasteiger partial charge in [-0.1, -0.05) is 12.1 Å². The van der Waals surface area contributed by atoms with Crippen molar-refractivity contribution in [2.75, 3.05) is 14.2 Å². The Bertz CT molecular complexity index is 781. The van der Waals surface area contributed by atoms with Crippen LogP contribution in [-0.4, -0.2) is 30.2 Å². The normalized spacial score (nSPS) is 10.6. The Balaban J connectivity index is 2.35. The summed E-state index contributed by atoms with van der Waals surface area (Å²) in [7, 11) is 2.66. The van der Waals surface area contributed by atoms with Gasteiger partial charge in [-0.2, -0.15) is 5.26 Å². The number of ether oxygens (including phenoxy) is 3. The molecule has 0 radical (unpaired) electrons. The molecule has 0 atom stereocenters. The summed E-state index contributed by atoms with van der Waals surface area (Å²) in [5, 5.41) is 9.06. The van der Waals surface area contributed by atoms with E-state index in [-0.39, 0.29) is 17.1 Å². The zero-order valence-corrected chi connectivity index (χ0v) is 12.5. The molecule has 2 rings (SSSR count). The zero-order chi connectivity index (χ0) is 16.7. The van der Waals surface area contributed by atoms with Crippen LogP contribution in [0.2, 0.25) is 0 Å². The van der Waals surface area contributed by atoms with Crippen LogP contribution in [0.4, 0.5) is 0 Å². The molecular weight excluding hydrogens is 298 g/mol. The first kappa shape index (κ1) is 16.0. The van der Waals surface area contributed by atoms with Gasteiger partial charge in [0, 0.05) is 6.07 Å². The van der Waals surface area contributed by atoms with Crippen LogP contribution in [0.25, 0.3) is 5.57 Å². The quantitative estimate of drug-likeness (QED) is 0.475. The molecule has 0 fully saturated rings. The van der Waals surface area contributed by atoms with E-state index in [1.807, 2.05) is 6.07 Å². The fourth-order valence-corrected chi connectivity index (χ4v) is 1.74. The average Bonchev–Trinajstić information content (AvgIpc) is 2.59. The molecule has 7 heteroatoms. The van der Waals surface area contributed by atoms with Crippen molar-refractivity contribution in [1.82, 2.24) is 9.97 Å². The number of carbonyl (C=O) groups excluding carboxylic acids is 1. The van der Waals surface area contributed by atoms with Crippen molar-refractivity contribution in [3.05, 3.63) is 54.2 Å². The number of rotatable bonds is 5. The Kier molecular flexibility index (Phi) is 5.25. The van der Waals surface area contributed by atoms with E-state index >= 15 is 0 Å². The van der Waals surface area contributed by atoms with E-state index < -0.39 is 5.97 Å². The molecular formula is C16H13N3O4. The van der Waals surface area contributed by atoms with Gasteiger partial charge < -0.3 is 14.2 Å². The second-order valence-electron chi connectivity index (χ2n) is 4.21. The number of para-hydroxylation sites is 1. The van der Waals surface area contributed by atoms with Crippen molar-refractivity contribution in [2.45, 2.75) is 0 Å². The Morgan fingerprint density at radius 3 is 2.74 bits per heavy atom. The highest BCUT2D eigenvalue weighted by Crippen LogP contribution is 2.25. The van der Waals surface area contributed by atoms with Crippen molar-refractivity contribution in [3.8, 4) is 17.7 Å². The minimum Gasteiger partial charge on any atom is -0.503 e. The summed E-state index contributed by atoms with van der Waals surface area (Å²) in [6, 6.07) is 10.2. The number of hydrogen-bond acceptors (Lipinski definition) is 7. The number of hydrogen-bond donors (Lipinski definition) is 0. The topological polar surface area (TPSA) is 94.3 Å². The number of esters is 1. The van der Waals surface area contributed by atoms with Gasteiger partial charge in [0.25, 0.3) is 0 Å². The maximum absolute atomic E-state index is 11.8. The molecule has 0 saturated heterocycles. The van der Waals surface area contributed by atoms with Crippen molar-refractivity contribution in [3.63, 3.8) is 0 Å². The van der Waals surface area contributed by atoms with Gasteiger partial charge in [0.05, 0.1) is 31.7 Å². The summed E-state index contributed by atoms with van der Waals surface area (Å²) < 4.78 is 15.1. The lowest BCUT2D eigenvalue weighted by atomic mass is 10.2. The van der Waals surface area contributed by atoms with E-state index in [1.165, 1.54) is 32.9 Å². The van der Waals surface area contributed by atoms with Crippen molar-refractivity contribution >= 4 is 11.5 Å². The molecule has 0 N–H and O–H groups in total. The van der Waals surface area contributed by atoms with Gasteiger partial charge in [-0.3, -0.25) is 0 Å². The van der Waals surface area contributed by atoms with Gasteiger partial charge in [-0.05, 0) is 12.1 Å². The number of nitriles is 1. The molecule has 7 nitrogen and oxygen atoms in total. The standard InChI is InChI=1S/C16H13N3O4/c1-21-9-12(16(20)22-2)13-7-15(19-10-18-13)23-14-6-4-3-5-11(14)8-17/h3-7,9-10H,1-2H3. The van der Waals surface area contributed by atoms with Gasteiger partial charge >= 0.3 is 5.97 Å².